The summed E-state index contributed by atoms with van der Waals surface area (Å²) in [6.07, 6.45) is 0. The Balaban J connectivity index is 2.01. The summed E-state index contributed by atoms with van der Waals surface area (Å²) in [7, 11) is 1.85. The van der Waals surface area contributed by atoms with E-state index in [2.05, 4.69) is 5.32 Å². The van der Waals surface area contributed by atoms with Crippen molar-refractivity contribution < 1.29 is 4.79 Å². The van der Waals surface area contributed by atoms with Crippen molar-refractivity contribution in [2.24, 2.45) is 0 Å². The summed E-state index contributed by atoms with van der Waals surface area (Å²) in [5.74, 6) is -0.139. The van der Waals surface area contributed by atoms with Crippen LogP contribution in [0.5, 0.6) is 0 Å². The van der Waals surface area contributed by atoms with Gasteiger partial charge in [0.05, 0.1) is 27.7 Å². The van der Waals surface area contributed by atoms with E-state index in [0.717, 1.165) is 5.56 Å². The number of rotatable bonds is 5. The molecule has 1 unspecified atom stereocenters. The van der Waals surface area contributed by atoms with Gasteiger partial charge in [-0.1, -0.05) is 35.3 Å². The standard InChI is InChI=1S/C18H17Cl2N3O/c1-12(18(24)22-15-8-6-13(10-21)7-9-15)23(2)11-14-4-3-5-16(19)17(14)20/h3-9,12H,11H2,1-2H3,(H,22,24). The van der Waals surface area contributed by atoms with E-state index in [1.807, 2.05) is 37.1 Å². The van der Waals surface area contributed by atoms with Gasteiger partial charge in [0.2, 0.25) is 5.91 Å². The molecule has 0 spiro atoms. The van der Waals surface area contributed by atoms with Crippen LogP contribution in [-0.2, 0) is 11.3 Å². The Morgan fingerprint density at radius 3 is 2.54 bits per heavy atom. The minimum atomic E-state index is -0.365. The van der Waals surface area contributed by atoms with Crippen molar-refractivity contribution in [2.75, 3.05) is 12.4 Å². The van der Waals surface area contributed by atoms with Gasteiger partial charge in [0, 0.05) is 12.2 Å². The number of carbonyl (C=O) groups excluding carboxylic acids is 1. The molecule has 0 radical (unpaired) electrons. The Kier molecular flexibility index (Phi) is 6.22. The quantitative estimate of drug-likeness (QED) is 0.862. The number of benzene rings is 2. The van der Waals surface area contributed by atoms with Gasteiger partial charge in [0.25, 0.3) is 0 Å². The lowest BCUT2D eigenvalue weighted by Gasteiger charge is -2.24. The number of halogens is 2. The van der Waals surface area contributed by atoms with Gasteiger partial charge in [-0.2, -0.15) is 5.26 Å². The third kappa shape index (κ3) is 4.48. The van der Waals surface area contributed by atoms with Gasteiger partial charge in [-0.25, -0.2) is 0 Å². The Morgan fingerprint density at radius 2 is 1.92 bits per heavy atom. The average molecular weight is 362 g/mol. The molecule has 1 N–H and O–H groups in total. The van der Waals surface area contributed by atoms with E-state index in [0.29, 0.717) is 27.8 Å². The van der Waals surface area contributed by atoms with Gasteiger partial charge in [-0.15, -0.1) is 0 Å². The average Bonchev–Trinajstić information content (AvgIpc) is 2.58. The van der Waals surface area contributed by atoms with E-state index in [-0.39, 0.29) is 11.9 Å². The Labute approximate surface area is 151 Å². The van der Waals surface area contributed by atoms with Crippen molar-refractivity contribution in [3.63, 3.8) is 0 Å². The van der Waals surface area contributed by atoms with E-state index in [1.165, 1.54) is 0 Å². The molecule has 0 bridgehead atoms. The molecule has 0 saturated heterocycles. The molecule has 2 aromatic rings. The lowest BCUT2D eigenvalue weighted by molar-refractivity contribution is -0.120. The minimum Gasteiger partial charge on any atom is -0.325 e. The maximum absolute atomic E-state index is 12.4. The van der Waals surface area contributed by atoms with Crippen LogP contribution in [-0.4, -0.2) is 23.9 Å². The fraction of sp³-hybridized carbons (Fsp3) is 0.222. The highest BCUT2D eigenvalue weighted by atomic mass is 35.5. The van der Waals surface area contributed by atoms with Gasteiger partial charge in [-0.3, -0.25) is 9.69 Å². The third-order valence-corrected chi connectivity index (χ3v) is 4.63. The number of hydrogen-bond donors (Lipinski definition) is 1. The molecular formula is C18H17Cl2N3O. The maximum Gasteiger partial charge on any atom is 0.241 e. The first kappa shape index (κ1) is 18.3. The molecule has 6 heteroatoms. The monoisotopic (exact) mass is 361 g/mol. The fourth-order valence-corrected chi connectivity index (χ4v) is 2.53. The summed E-state index contributed by atoms with van der Waals surface area (Å²) in [4.78, 5) is 14.3. The number of anilines is 1. The fourth-order valence-electron chi connectivity index (χ4n) is 2.15. The number of nitrogens with one attached hydrogen (secondary N) is 1. The molecule has 2 rings (SSSR count). The van der Waals surface area contributed by atoms with Gasteiger partial charge < -0.3 is 5.32 Å². The SMILES string of the molecule is CC(C(=O)Nc1ccc(C#N)cc1)N(C)Cc1cccc(Cl)c1Cl. The smallest absolute Gasteiger partial charge is 0.241 e. The molecular weight excluding hydrogens is 345 g/mol. The maximum atomic E-state index is 12.4. The van der Waals surface area contributed by atoms with Crippen LogP contribution in [0.25, 0.3) is 0 Å². The van der Waals surface area contributed by atoms with Gasteiger partial charge >= 0.3 is 0 Å². The molecule has 0 saturated carbocycles. The van der Waals surface area contributed by atoms with Crippen molar-refractivity contribution in [3.8, 4) is 6.07 Å². The lowest BCUT2D eigenvalue weighted by atomic mass is 10.1. The predicted octanol–water partition coefficient (Wildman–Crippen LogP) is 4.32. The number of hydrogen-bond acceptors (Lipinski definition) is 3. The van der Waals surface area contributed by atoms with Crippen LogP contribution in [0.2, 0.25) is 10.0 Å². The van der Waals surface area contributed by atoms with E-state index >= 15 is 0 Å². The molecule has 1 amide bonds. The second kappa shape index (κ2) is 8.16. The van der Waals surface area contributed by atoms with Crippen molar-refractivity contribution >= 4 is 34.8 Å². The van der Waals surface area contributed by atoms with E-state index in [1.54, 1.807) is 30.3 Å². The number of amides is 1. The molecule has 24 heavy (non-hydrogen) atoms. The van der Waals surface area contributed by atoms with Gasteiger partial charge in [-0.05, 0) is 49.9 Å². The van der Waals surface area contributed by atoms with Crippen molar-refractivity contribution in [2.45, 2.75) is 19.5 Å². The first-order chi connectivity index (χ1) is 11.4. The molecule has 4 nitrogen and oxygen atoms in total. The number of nitriles is 1. The van der Waals surface area contributed by atoms with Crippen LogP contribution < -0.4 is 5.32 Å². The summed E-state index contributed by atoms with van der Waals surface area (Å²) in [5.41, 5.74) is 2.07. The van der Waals surface area contributed by atoms with Crippen LogP contribution in [0, 0.1) is 11.3 Å². The van der Waals surface area contributed by atoms with E-state index in [4.69, 9.17) is 28.5 Å². The lowest BCUT2D eigenvalue weighted by Crippen LogP contribution is -2.39. The van der Waals surface area contributed by atoms with Gasteiger partial charge in [0.1, 0.15) is 0 Å². The highest BCUT2D eigenvalue weighted by Crippen LogP contribution is 2.26. The van der Waals surface area contributed by atoms with Gasteiger partial charge in [0.15, 0.2) is 0 Å². The molecule has 124 valence electrons. The summed E-state index contributed by atoms with van der Waals surface area (Å²) in [6, 6.07) is 13.9. The van der Waals surface area contributed by atoms with Crippen LogP contribution in [0.1, 0.15) is 18.1 Å². The molecule has 0 fully saturated rings. The topological polar surface area (TPSA) is 56.1 Å². The van der Waals surface area contributed by atoms with Crippen LogP contribution >= 0.6 is 23.2 Å². The largest absolute Gasteiger partial charge is 0.325 e. The minimum absolute atomic E-state index is 0.139. The number of nitrogens with zero attached hydrogens (tertiary/aromatic N) is 2. The van der Waals surface area contributed by atoms with Crippen LogP contribution in [0.15, 0.2) is 42.5 Å². The summed E-state index contributed by atoms with van der Waals surface area (Å²) in [5, 5.41) is 12.6. The summed E-state index contributed by atoms with van der Waals surface area (Å²) >= 11 is 12.2. The molecule has 0 aliphatic rings. The first-order valence-corrected chi connectivity index (χ1v) is 8.12. The van der Waals surface area contributed by atoms with Crippen molar-refractivity contribution in [3.05, 3.63) is 63.6 Å². The summed E-state index contributed by atoms with van der Waals surface area (Å²) < 4.78 is 0. The second-order valence-electron chi connectivity index (χ2n) is 5.48. The van der Waals surface area contributed by atoms with Crippen molar-refractivity contribution in [1.82, 2.24) is 4.90 Å². The highest BCUT2D eigenvalue weighted by molar-refractivity contribution is 6.42. The van der Waals surface area contributed by atoms with E-state index in [9.17, 15) is 4.79 Å². The Morgan fingerprint density at radius 1 is 1.25 bits per heavy atom. The number of likely N-dealkylation sites (N-methyl/N-ethyl adjacent to an activating group) is 1. The molecule has 0 aliphatic carbocycles. The van der Waals surface area contributed by atoms with E-state index < -0.39 is 0 Å². The zero-order valence-electron chi connectivity index (χ0n) is 13.4. The molecule has 2 aromatic carbocycles. The third-order valence-electron chi connectivity index (χ3n) is 3.77. The van der Waals surface area contributed by atoms with Crippen LogP contribution in [0.3, 0.4) is 0 Å². The normalized spacial score (nSPS) is 11.8. The van der Waals surface area contributed by atoms with Crippen LogP contribution in [0.4, 0.5) is 5.69 Å². The second-order valence-corrected chi connectivity index (χ2v) is 6.27. The Hall–Kier alpha value is -2.06. The predicted molar refractivity (Wildman–Crippen MR) is 97.2 cm³/mol. The first-order valence-electron chi connectivity index (χ1n) is 7.36. The zero-order chi connectivity index (χ0) is 17.7. The molecule has 0 aromatic heterocycles. The molecule has 0 heterocycles. The van der Waals surface area contributed by atoms with Crippen molar-refractivity contribution in [1.29, 1.82) is 5.26 Å². The molecule has 0 aliphatic heterocycles. The summed E-state index contributed by atoms with van der Waals surface area (Å²) in [6.45, 7) is 2.32. The zero-order valence-corrected chi connectivity index (χ0v) is 14.9. The molecule has 1 atom stereocenters. The highest BCUT2D eigenvalue weighted by Gasteiger charge is 2.19. The number of carbonyl (C=O) groups is 1. The Bertz CT molecular complexity index is 769.